The first kappa shape index (κ1) is 12.4. The molecular weight excluding hydrogens is 246 g/mol. The van der Waals surface area contributed by atoms with E-state index in [-0.39, 0.29) is 0 Å². The van der Waals surface area contributed by atoms with E-state index in [2.05, 4.69) is 35.0 Å². The van der Waals surface area contributed by atoms with Crippen LogP contribution in [0.25, 0.3) is 11.0 Å². The molecule has 1 aromatic heterocycles. The zero-order valence-corrected chi connectivity index (χ0v) is 12.2. The summed E-state index contributed by atoms with van der Waals surface area (Å²) in [5.74, 6) is 1.98. The van der Waals surface area contributed by atoms with Gasteiger partial charge in [0.2, 0.25) is 0 Å². The van der Waals surface area contributed by atoms with Crippen LogP contribution in [0.1, 0.15) is 43.1 Å². The molecule has 0 bridgehead atoms. The number of fused-ring (bicyclic) bond motifs is 1. The molecule has 106 valence electrons. The lowest BCUT2D eigenvalue weighted by atomic mass is 9.92. The van der Waals surface area contributed by atoms with Gasteiger partial charge in [-0.3, -0.25) is 0 Å². The van der Waals surface area contributed by atoms with E-state index in [0.717, 1.165) is 5.92 Å². The highest BCUT2D eigenvalue weighted by molar-refractivity contribution is 5.77. The Bertz CT molecular complexity index is 618. The molecule has 3 heteroatoms. The van der Waals surface area contributed by atoms with E-state index in [1.807, 2.05) is 0 Å². The third kappa shape index (κ3) is 2.24. The molecule has 1 atom stereocenters. The number of nitrogens with zero attached hydrogens (tertiary/aromatic N) is 2. The zero-order valence-electron chi connectivity index (χ0n) is 12.2. The molecule has 0 amide bonds. The highest BCUT2D eigenvalue weighted by Crippen LogP contribution is 2.38. The summed E-state index contributed by atoms with van der Waals surface area (Å²) in [6.45, 7) is 4.51. The summed E-state index contributed by atoms with van der Waals surface area (Å²) in [5.41, 5.74) is 3.97. The number of nitrogens with one attached hydrogen (secondary N) is 1. The van der Waals surface area contributed by atoms with E-state index in [1.165, 1.54) is 67.6 Å². The molecule has 1 N–H and O–H groups in total. The second kappa shape index (κ2) is 4.88. The van der Waals surface area contributed by atoms with Crippen molar-refractivity contribution in [3.63, 3.8) is 0 Å². The Morgan fingerprint density at radius 2 is 2.20 bits per heavy atom. The molecule has 1 saturated heterocycles. The molecule has 2 aromatic rings. The molecule has 4 rings (SSSR count). The average molecular weight is 269 g/mol. The SMILES string of the molecule is Cc1nc2cc(CC3CCCNC3)ccc2n1C1CC1. The van der Waals surface area contributed by atoms with Crippen LogP contribution in [-0.2, 0) is 6.42 Å². The molecule has 1 aromatic carbocycles. The minimum absolute atomic E-state index is 0.716. The summed E-state index contributed by atoms with van der Waals surface area (Å²) >= 11 is 0. The van der Waals surface area contributed by atoms with Crippen LogP contribution in [0.5, 0.6) is 0 Å². The second-order valence-electron chi connectivity index (χ2n) is 6.50. The van der Waals surface area contributed by atoms with E-state index < -0.39 is 0 Å². The van der Waals surface area contributed by atoms with Gasteiger partial charge < -0.3 is 9.88 Å². The lowest BCUT2D eigenvalue weighted by Gasteiger charge is -2.22. The summed E-state index contributed by atoms with van der Waals surface area (Å²) in [6.07, 6.45) is 6.52. The highest BCUT2D eigenvalue weighted by atomic mass is 15.1. The minimum Gasteiger partial charge on any atom is -0.325 e. The van der Waals surface area contributed by atoms with Crippen molar-refractivity contribution < 1.29 is 0 Å². The minimum atomic E-state index is 0.716. The summed E-state index contributed by atoms with van der Waals surface area (Å²) < 4.78 is 2.43. The zero-order chi connectivity index (χ0) is 13.5. The highest BCUT2D eigenvalue weighted by Gasteiger charge is 2.27. The normalized spacial score (nSPS) is 23.4. The van der Waals surface area contributed by atoms with Crippen LogP contribution < -0.4 is 5.32 Å². The van der Waals surface area contributed by atoms with Crippen molar-refractivity contribution in [3.8, 4) is 0 Å². The number of imidazole rings is 1. The lowest BCUT2D eigenvalue weighted by molar-refractivity contribution is 0.376. The summed E-state index contributed by atoms with van der Waals surface area (Å²) in [5, 5.41) is 3.51. The number of piperidine rings is 1. The van der Waals surface area contributed by atoms with Gasteiger partial charge in [-0.25, -0.2) is 4.98 Å². The number of hydrogen-bond donors (Lipinski definition) is 1. The fourth-order valence-corrected chi connectivity index (χ4v) is 3.62. The largest absolute Gasteiger partial charge is 0.325 e. The number of aryl methyl sites for hydroxylation is 1. The molecule has 1 saturated carbocycles. The van der Waals surface area contributed by atoms with Gasteiger partial charge in [-0.05, 0) is 75.7 Å². The predicted octanol–water partition coefficient (Wildman–Crippen LogP) is 3.22. The maximum Gasteiger partial charge on any atom is 0.106 e. The van der Waals surface area contributed by atoms with Crippen LogP contribution in [0.15, 0.2) is 18.2 Å². The van der Waals surface area contributed by atoms with Gasteiger partial charge in [0, 0.05) is 6.04 Å². The van der Waals surface area contributed by atoms with Gasteiger partial charge in [-0.15, -0.1) is 0 Å². The lowest BCUT2D eigenvalue weighted by Crippen LogP contribution is -2.30. The van der Waals surface area contributed by atoms with Gasteiger partial charge >= 0.3 is 0 Å². The van der Waals surface area contributed by atoms with Crippen molar-refractivity contribution in [1.82, 2.24) is 14.9 Å². The van der Waals surface area contributed by atoms with Crippen LogP contribution in [0.4, 0.5) is 0 Å². The Kier molecular flexibility index (Phi) is 3.03. The van der Waals surface area contributed by atoms with E-state index in [9.17, 15) is 0 Å². The fraction of sp³-hybridized carbons (Fsp3) is 0.588. The number of aromatic nitrogens is 2. The molecule has 0 spiro atoms. The van der Waals surface area contributed by atoms with Crippen molar-refractivity contribution >= 4 is 11.0 Å². The Balaban J connectivity index is 1.62. The predicted molar refractivity (Wildman–Crippen MR) is 82.0 cm³/mol. The Morgan fingerprint density at radius 3 is 2.95 bits per heavy atom. The van der Waals surface area contributed by atoms with Gasteiger partial charge in [0.05, 0.1) is 11.0 Å². The number of benzene rings is 1. The van der Waals surface area contributed by atoms with Crippen molar-refractivity contribution in [2.75, 3.05) is 13.1 Å². The van der Waals surface area contributed by atoms with Crippen LogP contribution in [-0.4, -0.2) is 22.6 Å². The third-order valence-electron chi connectivity index (χ3n) is 4.77. The first-order valence-electron chi connectivity index (χ1n) is 7.99. The van der Waals surface area contributed by atoms with Gasteiger partial charge in [0.15, 0.2) is 0 Å². The second-order valence-corrected chi connectivity index (χ2v) is 6.50. The van der Waals surface area contributed by atoms with Crippen LogP contribution in [0, 0.1) is 12.8 Å². The van der Waals surface area contributed by atoms with Gasteiger partial charge in [-0.2, -0.15) is 0 Å². The molecule has 20 heavy (non-hydrogen) atoms. The molecule has 1 aliphatic carbocycles. The third-order valence-corrected chi connectivity index (χ3v) is 4.77. The van der Waals surface area contributed by atoms with E-state index in [0.29, 0.717) is 6.04 Å². The van der Waals surface area contributed by atoms with Crippen LogP contribution in [0.3, 0.4) is 0 Å². The standard InChI is InChI=1S/C17H23N3/c1-12-19-16-10-13(9-14-3-2-8-18-11-14)4-7-17(16)20(12)15-5-6-15/h4,7,10,14-15,18H,2-3,5-6,8-9,11H2,1H3. The Hall–Kier alpha value is -1.35. The van der Waals surface area contributed by atoms with Gasteiger partial charge in [0.25, 0.3) is 0 Å². The molecule has 0 radical (unpaired) electrons. The first-order chi connectivity index (χ1) is 9.81. The van der Waals surface area contributed by atoms with Crippen LogP contribution >= 0.6 is 0 Å². The summed E-state index contributed by atoms with van der Waals surface area (Å²) in [6, 6.07) is 7.64. The topological polar surface area (TPSA) is 29.9 Å². The van der Waals surface area contributed by atoms with Crippen molar-refractivity contribution in [3.05, 3.63) is 29.6 Å². The molecule has 2 heterocycles. The molecule has 3 nitrogen and oxygen atoms in total. The van der Waals surface area contributed by atoms with Crippen molar-refractivity contribution in [2.24, 2.45) is 5.92 Å². The maximum atomic E-state index is 4.78. The molecule has 2 aliphatic rings. The van der Waals surface area contributed by atoms with Gasteiger partial charge in [0.1, 0.15) is 5.82 Å². The van der Waals surface area contributed by atoms with E-state index in [1.54, 1.807) is 0 Å². The first-order valence-corrected chi connectivity index (χ1v) is 7.99. The molecule has 1 aliphatic heterocycles. The summed E-state index contributed by atoms with van der Waals surface area (Å²) in [4.78, 5) is 4.78. The monoisotopic (exact) mass is 269 g/mol. The molecular formula is C17H23N3. The van der Waals surface area contributed by atoms with Gasteiger partial charge in [-0.1, -0.05) is 6.07 Å². The van der Waals surface area contributed by atoms with E-state index in [4.69, 9.17) is 4.98 Å². The maximum absolute atomic E-state index is 4.78. The van der Waals surface area contributed by atoms with Crippen LogP contribution in [0.2, 0.25) is 0 Å². The fourth-order valence-electron chi connectivity index (χ4n) is 3.62. The van der Waals surface area contributed by atoms with Crippen molar-refractivity contribution in [2.45, 2.75) is 45.1 Å². The number of hydrogen-bond acceptors (Lipinski definition) is 2. The summed E-state index contributed by atoms with van der Waals surface area (Å²) in [7, 11) is 0. The Morgan fingerprint density at radius 1 is 1.30 bits per heavy atom. The van der Waals surface area contributed by atoms with E-state index >= 15 is 0 Å². The van der Waals surface area contributed by atoms with Crippen molar-refractivity contribution in [1.29, 1.82) is 0 Å². The molecule has 1 unspecified atom stereocenters. The Labute approximate surface area is 120 Å². The molecule has 2 fully saturated rings. The quantitative estimate of drug-likeness (QED) is 0.927. The number of rotatable bonds is 3. The average Bonchev–Trinajstić information content (AvgIpc) is 3.23. The smallest absolute Gasteiger partial charge is 0.106 e.